The molecule has 0 N–H and O–H groups in total. The average Bonchev–Trinajstić information content (AvgIpc) is 3.30. The molecule has 0 spiro atoms. The Morgan fingerprint density at radius 3 is 2.74 bits per heavy atom. The number of hydrogen-bond donors (Lipinski definition) is 0. The molecule has 0 fully saturated rings. The number of allylic oxidation sites excluding steroid dienone is 1. The van der Waals surface area contributed by atoms with Crippen LogP contribution in [0.2, 0.25) is 0 Å². The first kappa shape index (κ1) is 17.1. The lowest BCUT2D eigenvalue weighted by molar-refractivity contribution is 0.0731. The molecular formula is C21H14O5S. The second kappa shape index (κ2) is 7.09. The van der Waals surface area contributed by atoms with Gasteiger partial charge in [0.2, 0.25) is 5.78 Å². The molecule has 0 amide bonds. The number of para-hydroxylation sites is 1. The lowest BCUT2D eigenvalue weighted by Gasteiger charge is -2.08. The van der Waals surface area contributed by atoms with Crippen LogP contribution in [-0.2, 0) is 0 Å². The fourth-order valence-electron chi connectivity index (χ4n) is 2.71. The van der Waals surface area contributed by atoms with Crippen molar-refractivity contribution in [3.05, 3.63) is 81.7 Å². The summed E-state index contributed by atoms with van der Waals surface area (Å²) in [7, 11) is 1.49. The average molecular weight is 378 g/mol. The number of thiophene rings is 1. The number of Topliss-reactive ketones (excluding diaryl/α,β-unsaturated/α-hetero) is 1. The molecule has 0 saturated carbocycles. The maximum atomic E-state index is 12.4. The minimum absolute atomic E-state index is 0.194. The zero-order chi connectivity index (χ0) is 18.8. The highest BCUT2D eigenvalue weighted by molar-refractivity contribution is 7.10. The number of ketones is 1. The van der Waals surface area contributed by atoms with Crippen LogP contribution in [0.1, 0.15) is 25.6 Å². The summed E-state index contributed by atoms with van der Waals surface area (Å²) in [4.78, 5) is 25.8. The van der Waals surface area contributed by atoms with E-state index < -0.39 is 5.97 Å². The van der Waals surface area contributed by atoms with Gasteiger partial charge < -0.3 is 14.2 Å². The summed E-state index contributed by atoms with van der Waals surface area (Å²) in [5.74, 6) is 0.590. The van der Waals surface area contributed by atoms with Crippen molar-refractivity contribution in [3.8, 4) is 17.2 Å². The van der Waals surface area contributed by atoms with Crippen molar-refractivity contribution in [1.82, 2.24) is 0 Å². The number of carbonyl (C=O) groups excluding carboxylic acids is 2. The van der Waals surface area contributed by atoms with Crippen molar-refractivity contribution in [2.24, 2.45) is 0 Å². The molecule has 0 unspecified atom stereocenters. The van der Waals surface area contributed by atoms with Crippen LogP contribution in [0.25, 0.3) is 6.08 Å². The lowest BCUT2D eigenvalue weighted by atomic mass is 10.1. The number of esters is 1. The van der Waals surface area contributed by atoms with E-state index in [0.717, 1.165) is 4.88 Å². The number of rotatable bonds is 4. The van der Waals surface area contributed by atoms with Gasteiger partial charge in [-0.3, -0.25) is 4.79 Å². The first-order chi connectivity index (χ1) is 13.2. The van der Waals surface area contributed by atoms with Gasteiger partial charge >= 0.3 is 5.97 Å². The zero-order valence-corrected chi connectivity index (χ0v) is 15.1. The van der Waals surface area contributed by atoms with Gasteiger partial charge in [-0.05, 0) is 35.7 Å². The highest BCUT2D eigenvalue weighted by Crippen LogP contribution is 2.35. The van der Waals surface area contributed by atoms with E-state index in [2.05, 4.69) is 0 Å². The molecule has 27 heavy (non-hydrogen) atoms. The van der Waals surface area contributed by atoms with Gasteiger partial charge in [-0.2, -0.15) is 0 Å². The summed E-state index contributed by atoms with van der Waals surface area (Å²) in [6.07, 6.45) is 1.70. The Bertz CT molecular complexity index is 1050. The quantitative estimate of drug-likeness (QED) is 0.377. The van der Waals surface area contributed by atoms with Crippen molar-refractivity contribution < 1.29 is 23.8 Å². The van der Waals surface area contributed by atoms with Gasteiger partial charge in [0.05, 0.1) is 12.7 Å². The molecule has 0 saturated heterocycles. The van der Waals surface area contributed by atoms with Crippen LogP contribution >= 0.6 is 11.3 Å². The third-order valence-electron chi connectivity index (χ3n) is 4.00. The molecule has 1 aliphatic heterocycles. The Balaban J connectivity index is 1.57. The molecule has 5 nitrogen and oxygen atoms in total. The molecule has 3 aromatic rings. The van der Waals surface area contributed by atoms with Gasteiger partial charge in [0.1, 0.15) is 22.8 Å². The highest BCUT2D eigenvalue weighted by atomic mass is 32.1. The monoisotopic (exact) mass is 378 g/mol. The molecule has 0 atom stereocenters. The minimum atomic E-state index is -0.550. The number of hydrogen-bond acceptors (Lipinski definition) is 6. The topological polar surface area (TPSA) is 61.8 Å². The summed E-state index contributed by atoms with van der Waals surface area (Å²) in [6.45, 7) is 0. The van der Waals surface area contributed by atoms with Crippen LogP contribution < -0.4 is 14.2 Å². The van der Waals surface area contributed by atoms with Crippen LogP contribution in [0.15, 0.2) is 65.7 Å². The Morgan fingerprint density at radius 1 is 1.11 bits per heavy atom. The van der Waals surface area contributed by atoms with Crippen LogP contribution in [0.4, 0.5) is 0 Å². The molecule has 0 radical (unpaired) electrons. The van der Waals surface area contributed by atoms with Crippen LogP contribution in [-0.4, -0.2) is 18.9 Å². The summed E-state index contributed by atoms with van der Waals surface area (Å²) >= 11 is 1.51. The molecule has 2 heterocycles. The van der Waals surface area contributed by atoms with Crippen molar-refractivity contribution in [2.75, 3.05) is 7.11 Å². The molecule has 134 valence electrons. The second-order valence-electron chi connectivity index (χ2n) is 5.70. The number of methoxy groups -OCH3 is 1. The maximum absolute atomic E-state index is 12.4. The van der Waals surface area contributed by atoms with Gasteiger partial charge in [-0.1, -0.05) is 18.2 Å². The van der Waals surface area contributed by atoms with E-state index in [1.165, 1.54) is 24.5 Å². The Morgan fingerprint density at radius 2 is 1.96 bits per heavy atom. The summed E-state index contributed by atoms with van der Waals surface area (Å²) in [5.41, 5.74) is 0.755. The van der Waals surface area contributed by atoms with Crippen LogP contribution in [0, 0.1) is 0 Å². The summed E-state index contributed by atoms with van der Waals surface area (Å²) < 4.78 is 16.3. The van der Waals surface area contributed by atoms with E-state index in [1.807, 2.05) is 17.5 Å². The van der Waals surface area contributed by atoms with E-state index >= 15 is 0 Å². The second-order valence-corrected chi connectivity index (χ2v) is 6.68. The molecule has 2 aromatic carbocycles. The summed E-state index contributed by atoms with van der Waals surface area (Å²) in [6, 6.07) is 15.3. The van der Waals surface area contributed by atoms with Gasteiger partial charge in [0.25, 0.3) is 0 Å². The van der Waals surface area contributed by atoms with E-state index in [4.69, 9.17) is 14.2 Å². The molecule has 1 aliphatic rings. The SMILES string of the molecule is COc1ccccc1C(=O)Oc1ccc2c(c1)O/C(=C\c1cccs1)C2=O. The van der Waals surface area contributed by atoms with E-state index in [0.29, 0.717) is 22.6 Å². The standard InChI is InChI=1S/C21H14O5S/c1-24-17-7-3-2-6-16(17)21(23)25-13-8-9-15-18(11-13)26-19(20(15)22)12-14-5-4-10-27-14/h2-12H,1H3/b19-12-. The van der Waals surface area contributed by atoms with Gasteiger partial charge in [0, 0.05) is 17.0 Å². The normalized spacial score (nSPS) is 14.0. The van der Waals surface area contributed by atoms with Crippen molar-refractivity contribution in [3.63, 3.8) is 0 Å². The van der Waals surface area contributed by atoms with E-state index in [-0.39, 0.29) is 17.3 Å². The molecular weight excluding hydrogens is 364 g/mol. The summed E-state index contributed by atoms with van der Waals surface area (Å²) in [5, 5.41) is 1.92. The molecule has 0 aliphatic carbocycles. The van der Waals surface area contributed by atoms with Crippen molar-refractivity contribution >= 4 is 29.2 Å². The predicted molar refractivity (Wildman–Crippen MR) is 102 cm³/mol. The first-order valence-corrected chi connectivity index (χ1v) is 9.00. The van der Waals surface area contributed by atoms with Gasteiger partial charge in [-0.15, -0.1) is 11.3 Å². The van der Waals surface area contributed by atoms with Crippen LogP contribution in [0.5, 0.6) is 17.2 Å². The Kier molecular flexibility index (Phi) is 4.48. The third kappa shape index (κ3) is 3.35. The molecule has 6 heteroatoms. The van der Waals surface area contributed by atoms with Crippen molar-refractivity contribution in [2.45, 2.75) is 0 Å². The van der Waals surface area contributed by atoms with Crippen LogP contribution in [0.3, 0.4) is 0 Å². The molecule has 4 rings (SSSR count). The first-order valence-electron chi connectivity index (χ1n) is 8.13. The smallest absolute Gasteiger partial charge is 0.347 e. The number of carbonyl (C=O) groups is 2. The number of fused-ring (bicyclic) bond motifs is 1. The van der Waals surface area contributed by atoms with E-state index in [1.54, 1.807) is 42.5 Å². The molecule has 1 aromatic heterocycles. The van der Waals surface area contributed by atoms with Gasteiger partial charge in [-0.25, -0.2) is 4.79 Å². The highest BCUT2D eigenvalue weighted by Gasteiger charge is 2.28. The Hall–Kier alpha value is -3.38. The van der Waals surface area contributed by atoms with Gasteiger partial charge in [0.15, 0.2) is 5.76 Å². The maximum Gasteiger partial charge on any atom is 0.347 e. The fraction of sp³-hybridized carbons (Fsp3) is 0.0476. The fourth-order valence-corrected chi connectivity index (χ4v) is 3.36. The number of ether oxygens (including phenoxy) is 3. The molecule has 0 bridgehead atoms. The third-order valence-corrected chi connectivity index (χ3v) is 4.81. The number of benzene rings is 2. The van der Waals surface area contributed by atoms with E-state index in [9.17, 15) is 9.59 Å². The zero-order valence-electron chi connectivity index (χ0n) is 14.3. The predicted octanol–water partition coefficient (Wildman–Crippen LogP) is 4.59. The van der Waals surface area contributed by atoms with Crippen molar-refractivity contribution in [1.29, 1.82) is 0 Å². The Labute approximate surface area is 159 Å². The largest absolute Gasteiger partial charge is 0.496 e. The minimum Gasteiger partial charge on any atom is -0.496 e. The lowest BCUT2D eigenvalue weighted by Crippen LogP contribution is -2.10.